The van der Waals surface area contributed by atoms with E-state index in [-0.39, 0.29) is 28.9 Å². The molecule has 0 heterocycles. The molecule has 1 atom stereocenters. The van der Waals surface area contributed by atoms with E-state index in [0.717, 1.165) is 5.56 Å². The molecule has 1 rings (SSSR count). The lowest BCUT2D eigenvalue weighted by atomic mass is 10.1. The van der Waals surface area contributed by atoms with Crippen molar-refractivity contribution >= 4 is 15.9 Å². The Bertz CT molecular complexity index is 606. The quantitative estimate of drug-likeness (QED) is 0.751. The van der Waals surface area contributed by atoms with E-state index in [1.54, 1.807) is 12.1 Å². The van der Waals surface area contributed by atoms with E-state index in [4.69, 9.17) is 5.14 Å². The maximum atomic E-state index is 11.7. The maximum absolute atomic E-state index is 11.7. The summed E-state index contributed by atoms with van der Waals surface area (Å²) in [6, 6.07) is 6.20. The lowest BCUT2D eigenvalue weighted by Gasteiger charge is -2.22. The van der Waals surface area contributed by atoms with Crippen molar-refractivity contribution in [1.82, 2.24) is 10.6 Å². The van der Waals surface area contributed by atoms with Gasteiger partial charge in [-0.3, -0.25) is 4.79 Å². The Morgan fingerprint density at radius 2 is 1.95 bits per heavy atom. The first-order valence-corrected chi connectivity index (χ1v) is 8.21. The Morgan fingerprint density at radius 3 is 2.48 bits per heavy atom. The van der Waals surface area contributed by atoms with Crippen molar-refractivity contribution in [2.45, 2.75) is 44.2 Å². The number of sulfonamides is 1. The number of amides is 1. The van der Waals surface area contributed by atoms with Gasteiger partial charge < -0.3 is 10.6 Å². The minimum absolute atomic E-state index is 0.0628. The molecule has 0 radical (unpaired) electrons. The van der Waals surface area contributed by atoms with Crippen molar-refractivity contribution in [2.75, 3.05) is 6.54 Å². The van der Waals surface area contributed by atoms with E-state index in [2.05, 4.69) is 10.6 Å². The topological polar surface area (TPSA) is 101 Å². The first-order chi connectivity index (χ1) is 9.49. The number of nitrogens with one attached hydrogen (secondary N) is 2. The predicted octanol–water partition coefficient (Wildman–Crippen LogP) is 0.899. The standard InChI is InChI=1S/C14H23N3O3S/c1-10(16-9-13(18)17-14(2,3)4)11-6-5-7-12(8-11)21(15,19)20/h5-8,10,16H,9H2,1-4H3,(H,17,18)(H2,15,19,20). The van der Waals surface area contributed by atoms with Gasteiger partial charge in [0, 0.05) is 11.6 Å². The summed E-state index contributed by atoms with van der Waals surface area (Å²) in [7, 11) is -3.72. The Morgan fingerprint density at radius 1 is 1.33 bits per heavy atom. The van der Waals surface area contributed by atoms with Gasteiger partial charge in [-0.25, -0.2) is 13.6 Å². The monoisotopic (exact) mass is 313 g/mol. The zero-order chi connectivity index (χ0) is 16.3. The van der Waals surface area contributed by atoms with Crippen LogP contribution < -0.4 is 15.8 Å². The summed E-state index contributed by atoms with van der Waals surface area (Å²) in [5, 5.41) is 11.0. The summed E-state index contributed by atoms with van der Waals surface area (Å²) in [6.07, 6.45) is 0. The van der Waals surface area contributed by atoms with Gasteiger partial charge in [-0.1, -0.05) is 12.1 Å². The summed E-state index contributed by atoms with van der Waals surface area (Å²) in [5.74, 6) is -0.114. The fraction of sp³-hybridized carbons (Fsp3) is 0.500. The van der Waals surface area contributed by atoms with Crippen molar-refractivity contribution in [1.29, 1.82) is 0 Å². The van der Waals surface area contributed by atoms with Crippen LogP contribution in [0, 0.1) is 0 Å². The maximum Gasteiger partial charge on any atom is 0.238 e. The second-order valence-electron chi connectivity index (χ2n) is 6.02. The normalized spacial score (nSPS) is 13.8. The van der Waals surface area contributed by atoms with Crippen molar-refractivity contribution in [3.8, 4) is 0 Å². The highest BCUT2D eigenvalue weighted by Gasteiger charge is 2.15. The molecule has 0 saturated carbocycles. The molecule has 0 aromatic heterocycles. The van der Waals surface area contributed by atoms with Crippen molar-refractivity contribution in [2.24, 2.45) is 5.14 Å². The van der Waals surface area contributed by atoms with Crippen molar-refractivity contribution in [3.63, 3.8) is 0 Å². The molecule has 4 N–H and O–H groups in total. The summed E-state index contributed by atoms with van der Waals surface area (Å²) in [4.78, 5) is 11.8. The molecular formula is C14H23N3O3S. The van der Waals surface area contributed by atoms with Crippen molar-refractivity contribution < 1.29 is 13.2 Å². The lowest BCUT2D eigenvalue weighted by molar-refractivity contribution is -0.121. The van der Waals surface area contributed by atoms with Gasteiger partial charge in [-0.05, 0) is 45.4 Å². The minimum Gasteiger partial charge on any atom is -0.350 e. The number of hydrogen-bond donors (Lipinski definition) is 3. The van der Waals surface area contributed by atoms with Crippen LogP contribution >= 0.6 is 0 Å². The average Bonchev–Trinajstić information content (AvgIpc) is 2.33. The Kier molecular flexibility index (Phi) is 5.49. The SMILES string of the molecule is CC(NCC(=O)NC(C)(C)C)c1cccc(S(N)(=O)=O)c1. The van der Waals surface area contributed by atoms with Gasteiger partial charge in [-0.2, -0.15) is 0 Å². The van der Waals surface area contributed by atoms with Crippen LogP contribution in [0.5, 0.6) is 0 Å². The molecule has 0 spiro atoms. The molecule has 0 fully saturated rings. The largest absolute Gasteiger partial charge is 0.350 e. The van der Waals surface area contributed by atoms with Crippen LogP contribution in [0.4, 0.5) is 0 Å². The molecule has 1 aromatic carbocycles. The summed E-state index contributed by atoms with van der Waals surface area (Å²) in [6.45, 7) is 7.72. The molecule has 0 bridgehead atoms. The van der Waals surface area contributed by atoms with Gasteiger partial charge in [0.15, 0.2) is 0 Å². The minimum atomic E-state index is -3.72. The fourth-order valence-corrected chi connectivity index (χ4v) is 2.36. The van der Waals surface area contributed by atoms with Gasteiger partial charge in [0.25, 0.3) is 0 Å². The van der Waals surface area contributed by atoms with E-state index >= 15 is 0 Å². The lowest BCUT2D eigenvalue weighted by Crippen LogP contribution is -2.45. The van der Waals surface area contributed by atoms with Gasteiger partial charge in [0.05, 0.1) is 11.4 Å². The van der Waals surface area contributed by atoms with Crippen molar-refractivity contribution in [3.05, 3.63) is 29.8 Å². The molecule has 1 aromatic rings. The van der Waals surface area contributed by atoms with Crippen LogP contribution in [0.25, 0.3) is 0 Å². The average molecular weight is 313 g/mol. The number of benzene rings is 1. The third-order valence-corrected chi connectivity index (χ3v) is 3.68. The van der Waals surface area contributed by atoms with E-state index in [9.17, 15) is 13.2 Å². The molecule has 118 valence electrons. The molecule has 21 heavy (non-hydrogen) atoms. The zero-order valence-corrected chi connectivity index (χ0v) is 13.6. The zero-order valence-electron chi connectivity index (χ0n) is 12.8. The summed E-state index contributed by atoms with van der Waals surface area (Å²) < 4.78 is 22.6. The van der Waals surface area contributed by atoms with Crippen LogP contribution in [-0.2, 0) is 14.8 Å². The second kappa shape index (κ2) is 6.55. The molecule has 0 aliphatic carbocycles. The molecule has 0 aliphatic heterocycles. The molecule has 1 amide bonds. The highest BCUT2D eigenvalue weighted by molar-refractivity contribution is 7.89. The Labute approximate surface area is 126 Å². The number of primary sulfonamides is 1. The molecule has 6 nitrogen and oxygen atoms in total. The number of rotatable bonds is 5. The number of nitrogens with two attached hydrogens (primary N) is 1. The van der Waals surface area contributed by atoms with E-state index < -0.39 is 10.0 Å². The number of hydrogen-bond acceptors (Lipinski definition) is 4. The summed E-state index contributed by atoms with van der Waals surface area (Å²) in [5.41, 5.74) is 0.473. The first kappa shape index (κ1) is 17.6. The van der Waals surface area contributed by atoms with Gasteiger partial charge in [0.2, 0.25) is 15.9 Å². The highest BCUT2D eigenvalue weighted by atomic mass is 32.2. The molecule has 7 heteroatoms. The number of carbonyl (C=O) groups excluding carboxylic acids is 1. The molecular weight excluding hydrogens is 290 g/mol. The molecule has 0 aliphatic rings. The van der Waals surface area contributed by atoms with Crippen LogP contribution in [0.2, 0.25) is 0 Å². The Hall–Kier alpha value is -1.44. The van der Waals surface area contributed by atoms with E-state index in [1.807, 2.05) is 27.7 Å². The van der Waals surface area contributed by atoms with Crippen LogP contribution in [-0.4, -0.2) is 26.4 Å². The van der Waals surface area contributed by atoms with E-state index in [1.165, 1.54) is 12.1 Å². The van der Waals surface area contributed by atoms with Gasteiger partial charge >= 0.3 is 0 Å². The van der Waals surface area contributed by atoms with Crippen LogP contribution in [0.1, 0.15) is 39.3 Å². The highest BCUT2D eigenvalue weighted by Crippen LogP contribution is 2.16. The summed E-state index contributed by atoms with van der Waals surface area (Å²) >= 11 is 0. The van der Waals surface area contributed by atoms with Crippen LogP contribution in [0.3, 0.4) is 0 Å². The first-order valence-electron chi connectivity index (χ1n) is 6.66. The predicted molar refractivity (Wildman–Crippen MR) is 82.1 cm³/mol. The number of carbonyl (C=O) groups is 1. The smallest absolute Gasteiger partial charge is 0.238 e. The molecule has 1 unspecified atom stereocenters. The Balaban J connectivity index is 2.69. The fourth-order valence-electron chi connectivity index (χ4n) is 1.79. The third-order valence-electron chi connectivity index (χ3n) is 2.77. The van der Waals surface area contributed by atoms with E-state index in [0.29, 0.717) is 0 Å². The second-order valence-corrected chi connectivity index (χ2v) is 7.58. The van der Waals surface area contributed by atoms with Crippen LogP contribution in [0.15, 0.2) is 29.2 Å². The van der Waals surface area contributed by atoms with Gasteiger partial charge in [0.1, 0.15) is 0 Å². The molecule has 0 saturated heterocycles. The van der Waals surface area contributed by atoms with Gasteiger partial charge in [-0.15, -0.1) is 0 Å². The third kappa shape index (κ3) is 6.24.